The van der Waals surface area contributed by atoms with Gasteiger partial charge >= 0.3 is 0 Å². The molecular weight excluding hydrogens is 230 g/mol. The van der Waals surface area contributed by atoms with Crippen molar-refractivity contribution in [1.82, 2.24) is 10.2 Å². The van der Waals surface area contributed by atoms with Gasteiger partial charge in [-0.15, -0.1) is 21.5 Å². The average Bonchev–Trinajstić information content (AvgIpc) is 2.94. The van der Waals surface area contributed by atoms with Crippen molar-refractivity contribution >= 4 is 11.3 Å². The van der Waals surface area contributed by atoms with E-state index in [9.17, 15) is 0 Å². The van der Waals surface area contributed by atoms with Crippen molar-refractivity contribution in [2.24, 2.45) is 5.73 Å². The van der Waals surface area contributed by atoms with E-state index in [2.05, 4.69) is 34.5 Å². The lowest BCUT2D eigenvalue weighted by molar-refractivity contribution is 0.718. The highest BCUT2D eigenvalue weighted by Crippen LogP contribution is 2.34. The topological polar surface area (TPSA) is 51.8 Å². The maximum Gasteiger partial charge on any atom is 0.121 e. The van der Waals surface area contributed by atoms with Crippen LogP contribution in [0.25, 0.3) is 0 Å². The molecular formula is C13H15N3S. The van der Waals surface area contributed by atoms with E-state index >= 15 is 0 Å². The van der Waals surface area contributed by atoms with E-state index in [0.29, 0.717) is 12.5 Å². The van der Waals surface area contributed by atoms with Gasteiger partial charge in [0.1, 0.15) is 10.0 Å². The molecule has 1 aromatic heterocycles. The summed E-state index contributed by atoms with van der Waals surface area (Å²) in [6, 6.07) is 8.66. The zero-order valence-electron chi connectivity index (χ0n) is 9.60. The highest BCUT2D eigenvalue weighted by Gasteiger charge is 2.25. The monoisotopic (exact) mass is 245 g/mol. The third kappa shape index (κ3) is 2.10. The SMILES string of the molecule is NCCc1nnc(C2Cc3ccccc3C2)s1. The van der Waals surface area contributed by atoms with Crippen LogP contribution in [0.15, 0.2) is 24.3 Å². The fraction of sp³-hybridized carbons (Fsp3) is 0.385. The minimum Gasteiger partial charge on any atom is -0.330 e. The number of nitrogens with zero attached hydrogens (tertiary/aromatic N) is 2. The molecule has 0 saturated carbocycles. The van der Waals surface area contributed by atoms with Crippen LogP contribution < -0.4 is 5.73 Å². The van der Waals surface area contributed by atoms with Crippen molar-refractivity contribution in [1.29, 1.82) is 0 Å². The Morgan fingerprint density at radius 1 is 1.18 bits per heavy atom. The van der Waals surface area contributed by atoms with Crippen molar-refractivity contribution in [3.63, 3.8) is 0 Å². The maximum atomic E-state index is 5.53. The van der Waals surface area contributed by atoms with Crippen LogP contribution in [0, 0.1) is 0 Å². The van der Waals surface area contributed by atoms with Gasteiger partial charge in [0.15, 0.2) is 0 Å². The minimum absolute atomic E-state index is 0.524. The maximum absolute atomic E-state index is 5.53. The largest absolute Gasteiger partial charge is 0.330 e. The summed E-state index contributed by atoms with van der Waals surface area (Å²) in [4.78, 5) is 0. The summed E-state index contributed by atoms with van der Waals surface area (Å²) in [7, 11) is 0. The second kappa shape index (κ2) is 4.55. The molecule has 0 aliphatic heterocycles. The van der Waals surface area contributed by atoms with Gasteiger partial charge in [0.25, 0.3) is 0 Å². The molecule has 0 bridgehead atoms. The second-order valence-corrected chi connectivity index (χ2v) is 5.54. The summed E-state index contributed by atoms with van der Waals surface area (Å²) in [6.45, 7) is 0.652. The molecule has 1 aliphatic carbocycles. The molecule has 3 nitrogen and oxygen atoms in total. The van der Waals surface area contributed by atoms with Gasteiger partial charge < -0.3 is 5.73 Å². The number of benzene rings is 1. The number of nitrogens with two attached hydrogens (primary N) is 1. The van der Waals surface area contributed by atoms with E-state index < -0.39 is 0 Å². The quantitative estimate of drug-likeness (QED) is 0.899. The van der Waals surface area contributed by atoms with Crippen LogP contribution in [0.2, 0.25) is 0 Å². The second-order valence-electron chi connectivity index (χ2n) is 4.45. The van der Waals surface area contributed by atoms with Crippen LogP contribution in [0.3, 0.4) is 0 Å². The van der Waals surface area contributed by atoms with Crippen LogP contribution in [-0.4, -0.2) is 16.7 Å². The molecule has 0 radical (unpaired) electrons. The zero-order chi connectivity index (χ0) is 11.7. The first-order valence-corrected chi connectivity index (χ1v) is 6.77. The number of hydrogen-bond donors (Lipinski definition) is 1. The molecule has 0 fully saturated rings. The number of fused-ring (bicyclic) bond motifs is 1. The summed E-state index contributed by atoms with van der Waals surface area (Å²) in [6.07, 6.45) is 3.05. The van der Waals surface area contributed by atoms with Gasteiger partial charge in [-0.25, -0.2) is 0 Å². The lowest BCUT2D eigenvalue weighted by atomic mass is 10.1. The van der Waals surface area contributed by atoms with Crippen LogP contribution in [0.4, 0.5) is 0 Å². The van der Waals surface area contributed by atoms with E-state index in [1.807, 2.05) is 0 Å². The Balaban J connectivity index is 1.79. The summed E-state index contributed by atoms with van der Waals surface area (Å²) >= 11 is 1.72. The first-order valence-electron chi connectivity index (χ1n) is 5.96. The average molecular weight is 245 g/mol. The van der Waals surface area contributed by atoms with Gasteiger partial charge in [0, 0.05) is 12.3 Å². The predicted molar refractivity (Wildman–Crippen MR) is 69.3 cm³/mol. The Labute approximate surface area is 105 Å². The van der Waals surface area contributed by atoms with Crippen molar-refractivity contribution in [3.05, 3.63) is 45.4 Å². The molecule has 0 atom stereocenters. The molecule has 1 heterocycles. The fourth-order valence-corrected chi connectivity index (χ4v) is 3.35. The molecule has 0 unspecified atom stereocenters. The van der Waals surface area contributed by atoms with Gasteiger partial charge in [-0.3, -0.25) is 0 Å². The first kappa shape index (κ1) is 10.9. The molecule has 3 rings (SSSR count). The lowest BCUT2D eigenvalue weighted by Gasteiger charge is -2.01. The normalized spacial score (nSPS) is 15.1. The van der Waals surface area contributed by atoms with Gasteiger partial charge in [-0.2, -0.15) is 0 Å². The Hall–Kier alpha value is -1.26. The van der Waals surface area contributed by atoms with E-state index in [1.165, 1.54) is 16.1 Å². The van der Waals surface area contributed by atoms with E-state index in [0.717, 1.165) is 24.3 Å². The number of rotatable bonds is 3. The van der Waals surface area contributed by atoms with Crippen molar-refractivity contribution < 1.29 is 0 Å². The molecule has 17 heavy (non-hydrogen) atoms. The van der Waals surface area contributed by atoms with E-state index in [1.54, 1.807) is 11.3 Å². The lowest BCUT2D eigenvalue weighted by Crippen LogP contribution is -2.01. The zero-order valence-corrected chi connectivity index (χ0v) is 10.4. The van der Waals surface area contributed by atoms with Gasteiger partial charge in [0.05, 0.1) is 0 Å². The van der Waals surface area contributed by atoms with Crippen LogP contribution in [0.1, 0.15) is 27.1 Å². The van der Waals surface area contributed by atoms with Crippen LogP contribution >= 0.6 is 11.3 Å². The standard InChI is InChI=1S/C13H15N3S/c14-6-5-12-15-16-13(17-12)11-7-9-3-1-2-4-10(9)8-11/h1-4,11H,5-8,14H2. The summed E-state index contributed by atoms with van der Waals surface area (Å²) in [5, 5.41) is 10.8. The number of aromatic nitrogens is 2. The highest BCUT2D eigenvalue weighted by molar-refractivity contribution is 7.11. The van der Waals surface area contributed by atoms with Gasteiger partial charge in [0.2, 0.25) is 0 Å². The highest BCUT2D eigenvalue weighted by atomic mass is 32.1. The third-order valence-electron chi connectivity index (χ3n) is 3.24. The fourth-order valence-electron chi connectivity index (χ4n) is 2.39. The first-order chi connectivity index (χ1) is 8.36. The molecule has 0 saturated heterocycles. The Morgan fingerprint density at radius 3 is 2.53 bits per heavy atom. The van der Waals surface area contributed by atoms with Gasteiger partial charge in [-0.05, 0) is 30.5 Å². The predicted octanol–water partition coefficient (Wildman–Crippen LogP) is 1.92. The van der Waals surface area contributed by atoms with Crippen molar-refractivity contribution in [3.8, 4) is 0 Å². The van der Waals surface area contributed by atoms with Crippen LogP contribution in [-0.2, 0) is 19.3 Å². The Bertz CT molecular complexity index is 496. The summed E-state index contributed by atoms with van der Waals surface area (Å²) in [5.74, 6) is 0.524. The molecule has 0 amide bonds. The minimum atomic E-state index is 0.524. The van der Waals surface area contributed by atoms with Crippen molar-refractivity contribution in [2.75, 3.05) is 6.54 Å². The molecule has 1 aromatic carbocycles. The summed E-state index contributed by atoms with van der Waals surface area (Å²) < 4.78 is 0. The third-order valence-corrected chi connectivity index (χ3v) is 4.39. The number of hydrogen-bond acceptors (Lipinski definition) is 4. The molecule has 2 aromatic rings. The molecule has 88 valence electrons. The van der Waals surface area contributed by atoms with Crippen LogP contribution in [0.5, 0.6) is 0 Å². The van der Waals surface area contributed by atoms with Crippen molar-refractivity contribution in [2.45, 2.75) is 25.2 Å². The van der Waals surface area contributed by atoms with E-state index in [-0.39, 0.29) is 0 Å². The molecule has 4 heteroatoms. The Kier molecular flexibility index (Phi) is 2.91. The molecule has 2 N–H and O–H groups in total. The van der Waals surface area contributed by atoms with Gasteiger partial charge in [-0.1, -0.05) is 24.3 Å². The van der Waals surface area contributed by atoms with E-state index in [4.69, 9.17) is 5.73 Å². The molecule has 0 spiro atoms. The molecule has 1 aliphatic rings. The summed E-state index contributed by atoms with van der Waals surface area (Å²) in [5.41, 5.74) is 8.46. The Morgan fingerprint density at radius 2 is 1.88 bits per heavy atom. The smallest absolute Gasteiger partial charge is 0.121 e.